The molecule has 0 rings (SSSR count). The maximum Gasteiger partial charge on any atom is 1.00 e. The predicted molar refractivity (Wildman–Crippen MR) is 17.3 cm³/mol. The van der Waals surface area contributed by atoms with Crippen molar-refractivity contribution >= 4 is 11.6 Å². The Bertz CT molecular complexity index is 67.4. The molecule has 0 saturated heterocycles. The normalized spacial score (nSPS) is 6.86. The van der Waals surface area contributed by atoms with Gasteiger partial charge in [0.25, 0.3) is 5.29 Å². The van der Waals surface area contributed by atoms with Crippen molar-refractivity contribution in [3.63, 3.8) is 0 Å². The SMILES string of the molecule is FC(F)=C(F)Cl.[H-].[Li+]. The van der Waals surface area contributed by atoms with E-state index in [0.717, 1.165) is 0 Å². The van der Waals surface area contributed by atoms with E-state index < -0.39 is 11.4 Å². The number of halogens is 4. The summed E-state index contributed by atoms with van der Waals surface area (Å²) < 4.78 is 31.8. The molecule has 0 spiro atoms. The molecule has 0 N–H and O–H groups in total. The third kappa shape index (κ3) is 6.42. The summed E-state index contributed by atoms with van der Waals surface area (Å²) >= 11 is 4.08. The largest absolute Gasteiger partial charge is 1.00 e. The molecule has 0 unspecified atom stereocenters. The van der Waals surface area contributed by atoms with Gasteiger partial charge in [-0.1, -0.05) is 0 Å². The van der Waals surface area contributed by atoms with Gasteiger partial charge in [-0.15, -0.1) is 0 Å². The van der Waals surface area contributed by atoms with Crippen LogP contribution in [0.5, 0.6) is 0 Å². The summed E-state index contributed by atoms with van der Waals surface area (Å²) in [5.74, 6) is 0. The van der Waals surface area contributed by atoms with Gasteiger partial charge in [0.2, 0.25) is 0 Å². The summed E-state index contributed by atoms with van der Waals surface area (Å²) in [5, 5.41) is -1.94. The van der Waals surface area contributed by atoms with Crippen LogP contribution in [-0.4, -0.2) is 0 Å². The van der Waals surface area contributed by atoms with Crippen molar-refractivity contribution in [2.75, 3.05) is 0 Å². The van der Waals surface area contributed by atoms with E-state index in [2.05, 4.69) is 11.6 Å². The van der Waals surface area contributed by atoms with E-state index in [1.165, 1.54) is 0 Å². The first-order valence-electron chi connectivity index (χ1n) is 1.01. The predicted octanol–water partition coefficient (Wildman–Crippen LogP) is -0.623. The van der Waals surface area contributed by atoms with Crippen LogP contribution in [0.25, 0.3) is 0 Å². The molecule has 0 fully saturated rings. The number of hydrogen-bond acceptors (Lipinski definition) is 0. The molecule has 0 saturated carbocycles. The second kappa shape index (κ2) is 4.57. The molecule has 0 radical (unpaired) electrons. The molecule has 38 valence electrons. The van der Waals surface area contributed by atoms with Gasteiger partial charge in [0.15, 0.2) is 0 Å². The fourth-order valence-corrected chi connectivity index (χ4v) is 0. The molecule has 0 bridgehead atoms. The van der Waals surface area contributed by atoms with Crippen LogP contribution in [0.1, 0.15) is 1.43 Å². The van der Waals surface area contributed by atoms with Gasteiger partial charge in [0, 0.05) is 0 Å². The zero-order chi connectivity index (χ0) is 5.15. The third-order valence-corrected chi connectivity index (χ3v) is 0.286. The Labute approximate surface area is 57.0 Å². The van der Waals surface area contributed by atoms with Crippen LogP contribution in [0.2, 0.25) is 0 Å². The second-order valence-electron chi connectivity index (χ2n) is 0.521. The van der Waals surface area contributed by atoms with Crippen molar-refractivity contribution in [3.8, 4) is 0 Å². The fourth-order valence-electron chi connectivity index (χ4n) is 0. The molecule has 0 aromatic carbocycles. The van der Waals surface area contributed by atoms with Gasteiger partial charge in [-0.05, 0) is 11.6 Å². The second-order valence-corrected chi connectivity index (χ2v) is 0.853. The van der Waals surface area contributed by atoms with Gasteiger partial charge in [0.05, 0.1) is 0 Å². The minimum Gasteiger partial charge on any atom is -1.00 e. The molecule has 5 heteroatoms. The Hall–Kier alpha value is 0.417. The molecule has 0 nitrogen and oxygen atoms in total. The summed E-state index contributed by atoms with van der Waals surface area (Å²) in [5.41, 5.74) is 0. The average Bonchev–Trinajstić information content (AvgIpc) is 1.36. The summed E-state index contributed by atoms with van der Waals surface area (Å²) in [6, 6.07) is 0. The smallest absolute Gasteiger partial charge is 1.00 e. The average molecular weight is 124 g/mol. The van der Waals surface area contributed by atoms with Crippen LogP contribution >= 0.6 is 11.6 Å². The van der Waals surface area contributed by atoms with Crippen molar-refractivity contribution in [3.05, 3.63) is 11.4 Å². The van der Waals surface area contributed by atoms with Gasteiger partial charge in [-0.2, -0.15) is 13.2 Å². The van der Waals surface area contributed by atoms with Crippen molar-refractivity contribution in [2.24, 2.45) is 0 Å². The van der Waals surface area contributed by atoms with Gasteiger partial charge in [0.1, 0.15) is 0 Å². The number of rotatable bonds is 0. The Morgan fingerprint density at radius 1 is 1.29 bits per heavy atom. The Morgan fingerprint density at radius 3 is 1.43 bits per heavy atom. The van der Waals surface area contributed by atoms with Crippen LogP contribution in [0, 0.1) is 0 Å². The van der Waals surface area contributed by atoms with E-state index in [0.29, 0.717) is 0 Å². The van der Waals surface area contributed by atoms with E-state index in [-0.39, 0.29) is 20.3 Å². The third-order valence-electron chi connectivity index (χ3n) is 0.143. The minimum atomic E-state index is -2.48. The Balaban J connectivity index is -0.000000125. The van der Waals surface area contributed by atoms with Gasteiger partial charge in [-0.3, -0.25) is 0 Å². The van der Waals surface area contributed by atoms with Gasteiger partial charge >= 0.3 is 24.9 Å². The van der Waals surface area contributed by atoms with Crippen LogP contribution in [0.4, 0.5) is 13.2 Å². The van der Waals surface area contributed by atoms with Crippen LogP contribution in [0.15, 0.2) is 11.4 Å². The van der Waals surface area contributed by atoms with Crippen LogP contribution < -0.4 is 18.9 Å². The molecule has 0 amide bonds. The van der Waals surface area contributed by atoms with Crippen molar-refractivity contribution in [1.29, 1.82) is 0 Å². The molecule has 7 heavy (non-hydrogen) atoms. The number of hydrogen-bond donors (Lipinski definition) is 0. The van der Waals surface area contributed by atoms with E-state index in [4.69, 9.17) is 0 Å². The summed E-state index contributed by atoms with van der Waals surface area (Å²) in [6.45, 7) is 0. The first kappa shape index (κ1) is 10.4. The van der Waals surface area contributed by atoms with Gasteiger partial charge in [-0.25, -0.2) is 0 Å². The molecule has 0 aromatic rings. The quantitative estimate of drug-likeness (QED) is 0.378. The zero-order valence-corrected chi connectivity index (χ0v) is 4.27. The molecule has 0 aromatic heterocycles. The molecule has 0 aliphatic carbocycles. The van der Waals surface area contributed by atoms with E-state index in [1.807, 2.05) is 0 Å². The maximum absolute atomic E-state index is 10.7. The molecule has 0 aliphatic heterocycles. The van der Waals surface area contributed by atoms with Crippen LogP contribution in [0.3, 0.4) is 0 Å². The van der Waals surface area contributed by atoms with E-state index in [9.17, 15) is 13.2 Å². The Morgan fingerprint density at radius 2 is 1.43 bits per heavy atom. The first-order valence-corrected chi connectivity index (χ1v) is 1.38. The molecular formula is C2HClF3Li. The molecule has 0 aliphatic rings. The summed E-state index contributed by atoms with van der Waals surface area (Å²) in [6.07, 6.45) is -2.48. The minimum absolute atomic E-state index is 0. The first-order chi connectivity index (χ1) is 2.64. The summed E-state index contributed by atoms with van der Waals surface area (Å²) in [7, 11) is 0. The topological polar surface area (TPSA) is 0 Å². The van der Waals surface area contributed by atoms with Gasteiger partial charge < -0.3 is 1.43 Å². The van der Waals surface area contributed by atoms with Crippen molar-refractivity contribution < 1.29 is 33.5 Å². The van der Waals surface area contributed by atoms with Crippen molar-refractivity contribution in [2.45, 2.75) is 0 Å². The standard InChI is InChI=1S/C2ClF3.Li.H/c3-1(4)2(5)6;;/q;+1;-1. The zero-order valence-electron chi connectivity index (χ0n) is 4.51. The molecule has 0 heterocycles. The van der Waals surface area contributed by atoms with E-state index in [1.54, 1.807) is 0 Å². The monoisotopic (exact) mass is 124 g/mol. The fraction of sp³-hybridized carbons (Fsp3) is 0. The van der Waals surface area contributed by atoms with E-state index >= 15 is 0 Å². The maximum atomic E-state index is 10.7. The summed E-state index contributed by atoms with van der Waals surface area (Å²) in [4.78, 5) is 0. The van der Waals surface area contributed by atoms with Crippen LogP contribution in [-0.2, 0) is 0 Å². The Kier molecular flexibility index (Phi) is 6.80. The van der Waals surface area contributed by atoms with Crippen molar-refractivity contribution in [1.82, 2.24) is 0 Å². The molecular weight excluding hydrogens is 123 g/mol. The molecule has 0 atom stereocenters.